The van der Waals surface area contributed by atoms with E-state index in [0.29, 0.717) is 11.9 Å². The fraction of sp³-hybridized carbons (Fsp3) is 0.850. The number of nitrogens with two attached hydrogens (primary N) is 1. The van der Waals surface area contributed by atoms with E-state index in [4.69, 9.17) is 5.84 Å². The predicted molar refractivity (Wildman–Crippen MR) is 109 cm³/mol. The molecule has 0 saturated carbocycles. The first-order chi connectivity index (χ1) is 13.4. The molecule has 0 bridgehead atoms. The van der Waals surface area contributed by atoms with Crippen LogP contribution >= 0.6 is 0 Å². The molecule has 2 aliphatic rings. The van der Waals surface area contributed by atoms with Gasteiger partial charge in [0.15, 0.2) is 0 Å². The van der Waals surface area contributed by atoms with Gasteiger partial charge in [-0.05, 0) is 52.9 Å². The first-order valence-electron chi connectivity index (χ1n) is 10.8. The standard InChI is InChI=1S/C20H37N7O/c1-5-15(2)26(20(28)18-6-12-25(21)13-7-18)14-24-10-8-19(9-11-24)27-16(3)22-23-17(27)4/h15,18-19H,5-14,21H2,1-4H3. The lowest BCUT2D eigenvalue weighted by Gasteiger charge is -2.40. The molecule has 1 aromatic heterocycles. The highest BCUT2D eigenvalue weighted by Crippen LogP contribution is 2.26. The summed E-state index contributed by atoms with van der Waals surface area (Å²) in [4.78, 5) is 17.8. The van der Waals surface area contributed by atoms with Crippen molar-refractivity contribution in [3.05, 3.63) is 11.6 Å². The van der Waals surface area contributed by atoms with Crippen molar-refractivity contribution in [3.63, 3.8) is 0 Å². The third-order valence-corrected chi connectivity index (χ3v) is 6.60. The van der Waals surface area contributed by atoms with Crippen molar-refractivity contribution in [2.45, 2.75) is 71.9 Å². The van der Waals surface area contributed by atoms with Crippen molar-refractivity contribution in [2.24, 2.45) is 11.8 Å². The summed E-state index contributed by atoms with van der Waals surface area (Å²) in [6.45, 7) is 12.8. The Kier molecular flexibility index (Phi) is 7.06. The van der Waals surface area contributed by atoms with Gasteiger partial charge in [-0.1, -0.05) is 6.92 Å². The largest absolute Gasteiger partial charge is 0.327 e. The number of amides is 1. The second-order valence-electron chi connectivity index (χ2n) is 8.53. The number of aromatic nitrogens is 3. The van der Waals surface area contributed by atoms with Crippen LogP contribution in [0.15, 0.2) is 0 Å². The van der Waals surface area contributed by atoms with Gasteiger partial charge in [0.25, 0.3) is 0 Å². The number of piperidine rings is 2. The second-order valence-corrected chi connectivity index (χ2v) is 8.53. The lowest BCUT2D eigenvalue weighted by molar-refractivity contribution is -0.142. The molecule has 3 rings (SSSR count). The second kappa shape index (κ2) is 9.33. The maximum Gasteiger partial charge on any atom is 0.227 e. The highest BCUT2D eigenvalue weighted by atomic mass is 16.2. The van der Waals surface area contributed by atoms with Crippen LogP contribution in [0.1, 0.15) is 63.6 Å². The summed E-state index contributed by atoms with van der Waals surface area (Å²) in [5, 5.41) is 10.2. The monoisotopic (exact) mass is 391 g/mol. The fourth-order valence-electron chi connectivity index (χ4n) is 4.57. The molecular weight excluding hydrogens is 354 g/mol. The molecular formula is C20H37N7O. The number of likely N-dealkylation sites (tertiary alicyclic amines) is 1. The Morgan fingerprint density at radius 1 is 1.11 bits per heavy atom. The molecule has 2 N–H and O–H groups in total. The van der Waals surface area contributed by atoms with E-state index in [9.17, 15) is 4.79 Å². The highest BCUT2D eigenvalue weighted by Gasteiger charge is 2.32. The van der Waals surface area contributed by atoms with Crippen LogP contribution in [0.5, 0.6) is 0 Å². The first kappa shape index (κ1) is 21.2. The number of hydrogen-bond donors (Lipinski definition) is 1. The van der Waals surface area contributed by atoms with Crippen LogP contribution in [-0.2, 0) is 4.79 Å². The zero-order chi connectivity index (χ0) is 20.3. The number of aryl methyl sites for hydroxylation is 2. The quantitative estimate of drug-likeness (QED) is 0.743. The Hall–Kier alpha value is -1.51. The fourth-order valence-corrected chi connectivity index (χ4v) is 4.57. The Balaban J connectivity index is 1.59. The summed E-state index contributed by atoms with van der Waals surface area (Å²) in [7, 11) is 0. The molecule has 1 amide bonds. The van der Waals surface area contributed by atoms with E-state index in [2.05, 4.69) is 38.4 Å². The van der Waals surface area contributed by atoms with Gasteiger partial charge in [-0.3, -0.25) is 15.5 Å². The summed E-state index contributed by atoms with van der Waals surface area (Å²) in [5.74, 6) is 8.30. The van der Waals surface area contributed by atoms with Gasteiger partial charge < -0.3 is 9.47 Å². The van der Waals surface area contributed by atoms with E-state index in [1.807, 2.05) is 18.9 Å². The van der Waals surface area contributed by atoms with Crippen molar-refractivity contribution >= 4 is 5.91 Å². The summed E-state index contributed by atoms with van der Waals surface area (Å²) >= 11 is 0. The SMILES string of the molecule is CCC(C)N(CN1CCC(n2c(C)nnc2C)CC1)C(=O)C1CCN(N)CC1. The van der Waals surface area contributed by atoms with Gasteiger partial charge in [0, 0.05) is 44.2 Å². The molecule has 1 unspecified atom stereocenters. The molecule has 0 radical (unpaired) electrons. The average molecular weight is 392 g/mol. The number of carbonyl (C=O) groups excluding carboxylic acids is 1. The zero-order valence-electron chi connectivity index (χ0n) is 18.0. The van der Waals surface area contributed by atoms with Gasteiger partial charge in [0.05, 0.1) is 6.67 Å². The Morgan fingerprint density at radius 3 is 2.21 bits per heavy atom. The molecule has 3 heterocycles. The van der Waals surface area contributed by atoms with Crippen LogP contribution in [0.2, 0.25) is 0 Å². The van der Waals surface area contributed by atoms with E-state index >= 15 is 0 Å². The first-order valence-corrected chi connectivity index (χ1v) is 10.8. The van der Waals surface area contributed by atoms with Gasteiger partial charge in [-0.15, -0.1) is 10.2 Å². The summed E-state index contributed by atoms with van der Waals surface area (Å²) < 4.78 is 2.27. The molecule has 8 nitrogen and oxygen atoms in total. The molecule has 1 aromatic rings. The Morgan fingerprint density at radius 2 is 1.68 bits per heavy atom. The van der Waals surface area contributed by atoms with Gasteiger partial charge in [-0.25, -0.2) is 5.01 Å². The van der Waals surface area contributed by atoms with Gasteiger partial charge in [0.2, 0.25) is 5.91 Å². The molecule has 0 spiro atoms. The molecule has 158 valence electrons. The van der Waals surface area contributed by atoms with Crippen molar-refractivity contribution in [1.29, 1.82) is 0 Å². The van der Waals surface area contributed by atoms with E-state index in [1.54, 1.807) is 0 Å². The maximum atomic E-state index is 13.2. The lowest BCUT2D eigenvalue weighted by atomic mass is 9.95. The summed E-state index contributed by atoms with van der Waals surface area (Å²) in [5.41, 5.74) is 0. The maximum absolute atomic E-state index is 13.2. The highest BCUT2D eigenvalue weighted by molar-refractivity contribution is 5.79. The average Bonchev–Trinajstić information content (AvgIpc) is 3.04. The van der Waals surface area contributed by atoms with Crippen LogP contribution in [0.4, 0.5) is 0 Å². The topological polar surface area (TPSA) is 83.5 Å². The summed E-state index contributed by atoms with van der Waals surface area (Å²) in [6, 6.07) is 0.733. The predicted octanol–water partition coefficient (Wildman–Crippen LogP) is 1.70. The van der Waals surface area contributed by atoms with Crippen LogP contribution in [0, 0.1) is 19.8 Å². The Labute approximate surface area is 169 Å². The minimum atomic E-state index is 0.119. The van der Waals surface area contributed by atoms with Crippen molar-refractivity contribution in [3.8, 4) is 0 Å². The molecule has 8 heteroatoms. The van der Waals surface area contributed by atoms with Crippen molar-refractivity contribution in [1.82, 2.24) is 29.6 Å². The third-order valence-electron chi connectivity index (χ3n) is 6.60. The van der Waals surface area contributed by atoms with Crippen LogP contribution < -0.4 is 5.84 Å². The van der Waals surface area contributed by atoms with Crippen LogP contribution in [0.3, 0.4) is 0 Å². The van der Waals surface area contributed by atoms with Crippen LogP contribution in [0.25, 0.3) is 0 Å². The van der Waals surface area contributed by atoms with E-state index in [0.717, 1.165) is 76.6 Å². The van der Waals surface area contributed by atoms with Crippen LogP contribution in [-0.4, -0.2) is 74.4 Å². The van der Waals surface area contributed by atoms with E-state index < -0.39 is 0 Å². The van der Waals surface area contributed by atoms with Gasteiger partial charge >= 0.3 is 0 Å². The van der Waals surface area contributed by atoms with Gasteiger partial charge in [-0.2, -0.15) is 0 Å². The molecule has 2 saturated heterocycles. The van der Waals surface area contributed by atoms with Crippen molar-refractivity contribution < 1.29 is 4.79 Å². The molecule has 2 fully saturated rings. The van der Waals surface area contributed by atoms with E-state index in [1.165, 1.54) is 0 Å². The Bertz CT molecular complexity index is 625. The normalized spacial score (nSPS) is 21.8. The number of hydrogen-bond acceptors (Lipinski definition) is 6. The zero-order valence-corrected chi connectivity index (χ0v) is 18.0. The van der Waals surface area contributed by atoms with E-state index in [-0.39, 0.29) is 12.0 Å². The smallest absolute Gasteiger partial charge is 0.227 e. The van der Waals surface area contributed by atoms with Crippen molar-refractivity contribution in [2.75, 3.05) is 32.8 Å². The molecule has 1 atom stereocenters. The summed E-state index contributed by atoms with van der Waals surface area (Å²) in [6.07, 6.45) is 4.88. The third kappa shape index (κ3) is 4.72. The molecule has 2 aliphatic heterocycles. The number of rotatable bonds is 6. The molecule has 0 aliphatic carbocycles. The lowest BCUT2D eigenvalue weighted by Crippen LogP contribution is -2.52. The van der Waals surface area contributed by atoms with Gasteiger partial charge in [0.1, 0.15) is 11.6 Å². The minimum absolute atomic E-state index is 0.119. The number of hydrazine groups is 1. The number of carbonyl (C=O) groups is 1. The number of nitrogens with zero attached hydrogens (tertiary/aromatic N) is 6. The molecule has 28 heavy (non-hydrogen) atoms. The minimum Gasteiger partial charge on any atom is -0.327 e. The molecule has 0 aromatic carbocycles.